The number of carbonyl (C=O) groups is 1. The normalized spacial score (nSPS) is 10.6. The summed E-state index contributed by atoms with van der Waals surface area (Å²) in [6.07, 6.45) is 3.22. The number of aromatic nitrogens is 3. The topological polar surface area (TPSA) is 86.1 Å². The average Bonchev–Trinajstić information content (AvgIpc) is 2.64. The van der Waals surface area contributed by atoms with E-state index >= 15 is 0 Å². The van der Waals surface area contributed by atoms with Crippen molar-refractivity contribution < 1.29 is 9.53 Å². The Morgan fingerprint density at radius 1 is 1.24 bits per heavy atom. The maximum atomic E-state index is 12.4. The smallest absolute Gasteiger partial charge is 0.275 e. The highest BCUT2D eigenvalue weighted by Crippen LogP contribution is 2.13. The molecule has 0 spiro atoms. The molecule has 0 aliphatic heterocycles. The molecule has 2 aromatic heterocycles. The van der Waals surface area contributed by atoms with Crippen LogP contribution in [0.4, 0.5) is 0 Å². The van der Waals surface area contributed by atoms with Crippen molar-refractivity contribution in [1.82, 2.24) is 20.1 Å². The first kappa shape index (κ1) is 16.6. The van der Waals surface area contributed by atoms with Gasteiger partial charge in [-0.05, 0) is 19.1 Å². The molecular weight excluding hydrogens is 320 g/mol. The van der Waals surface area contributed by atoms with E-state index in [0.29, 0.717) is 17.9 Å². The number of hydrogen-bond acceptors (Lipinski definition) is 5. The summed E-state index contributed by atoms with van der Waals surface area (Å²) in [5.74, 6) is 0.183. The molecule has 0 radical (unpaired) electrons. The van der Waals surface area contributed by atoms with Gasteiger partial charge in [-0.1, -0.05) is 24.3 Å². The highest BCUT2D eigenvalue weighted by atomic mass is 16.5. The molecule has 1 amide bonds. The van der Waals surface area contributed by atoms with Crippen LogP contribution in [0.3, 0.4) is 0 Å². The first-order valence-electron chi connectivity index (χ1n) is 7.97. The van der Waals surface area contributed by atoms with Gasteiger partial charge in [0.15, 0.2) is 0 Å². The molecule has 0 saturated heterocycles. The van der Waals surface area contributed by atoms with Gasteiger partial charge in [-0.2, -0.15) is 5.10 Å². The summed E-state index contributed by atoms with van der Waals surface area (Å²) < 4.78 is 6.58. The first-order chi connectivity index (χ1) is 12.2. The second-order valence-corrected chi connectivity index (χ2v) is 5.37. The highest BCUT2D eigenvalue weighted by Gasteiger charge is 2.10. The number of nitrogens with one attached hydrogen (secondary N) is 1. The predicted octanol–water partition coefficient (Wildman–Crippen LogP) is 1.51. The number of carbonyl (C=O) groups excluding carboxylic acids is 1. The van der Waals surface area contributed by atoms with Gasteiger partial charge in [0.05, 0.1) is 18.2 Å². The zero-order chi connectivity index (χ0) is 17.6. The van der Waals surface area contributed by atoms with Crippen LogP contribution < -0.4 is 15.6 Å². The molecule has 7 nitrogen and oxygen atoms in total. The van der Waals surface area contributed by atoms with Crippen molar-refractivity contribution in [2.75, 3.05) is 6.61 Å². The lowest BCUT2D eigenvalue weighted by Gasteiger charge is -2.10. The summed E-state index contributed by atoms with van der Waals surface area (Å²) in [6, 6.07) is 10.8. The molecule has 0 bridgehead atoms. The Hall–Kier alpha value is -3.22. The fraction of sp³-hybridized carbons (Fsp3) is 0.222. The summed E-state index contributed by atoms with van der Waals surface area (Å²) in [6.45, 7) is 2.49. The number of rotatable bonds is 6. The number of nitrogens with zero attached hydrogens (tertiary/aromatic N) is 3. The van der Waals surface area contributed by atoms with E-state index in [4.69, 9.17) is 4.74 Å². The summed E-state index contributed by atoms with van der Waals surface area (Å²) in [7, 11) is 0. The van der Waals surface area contributed by atoms with E-state index in [9.17, 15) is 9.59 Å². The lowest BCUT2D eigenvalue weighted by Crippen LogP contribution is -2.33. The van der Waals surface area contributed by atoms with Crippen molar-refractivity contribution in [3.8, 4) is 5.88 Å². The molecule has 7 heteroatoms. The quantitative estimate of drug-likeness (QED) is 0.736. The Bertz CT molecular complexity index is 952. The van der Waals surface area contributed by atoms with E-state index in [1.807, 2.05) is 25.1 Å². The van der Waals surface area contributed by atoms with Crippen molar-refractivity contribution in [3.63, 3.8) is 0 Å². The molecule has 0 aliphatic rings. The van der Waals surface area contributed by atoms with Crippen LogP contribution in [-0.2, 0) is 17.9 Å². The zero-order valence-electron chi connectivity index (χ0n) is 13.8. The van der Waals surface area contributed by atoms with E-state index in [-0.39, 0.29) is 24.6 Å². The predicted molar refractivity (Wildman–Crippen MR) is 93.3 cm³/mol. The molecule has 1 aromatic carbocycles. The van der Waals surface area contributed by atoms with Crippen LogP contribution in [0.25, 0.3) is 10.8 Å². The monoisotopic (exact) mass is 338 g/mol. The third-order valence-corrected chi connectivity index (χ3v) is 3.66. The third kappa shape index (κ3) is 3.82. The summed E-state index contributed by atoms with van der Waals surface area (Å²) in [4.78, 5) is 28.7. The first-order valence-corrected chi connectivity index (χ1v) is 7.97. The number of benzene rings is 1. The molecule has 1 N–H and O–H groups in total. The number of pyridine rings is 1. The van der Waals surface area contributed by atoms with Gasteiger partial charge in [-0.3, -0.25) is 9.59 Å². The maximum absolute atomic E-state index is 12.4. The van der Waals surface area contributed by atoms with Crippen molar-refractivity contribution >= 4 is 16.7 Å². The van der Waals surface area contributed by atoms with Crippen LogP contribution in [-0.4, -0.2) is 27.3 Å². The van der Waals surface area contributed by atoms with E-state index < -0.39 is 0 Å². The van der Waals surface area contributed by atoms with Crippen LogP contribution in [0.15, 0.2) is 53.6 Å². The van der Waals surface area contributed by atoms with Crippen molar-refractivity contribution in [1.29, 1.82) is 0 Å². The van der Waals surface area contributed by atoms with Crippen LogP contribution in [0.2, 0.25) is 0 Å². The van der Waals surface area contributed by atoms with Crippen molar-refractivity contribution in [2.24, 2.45) is 0 Å². The molecule has 0 unspecified atom stereocenters. The van der Waals surface area contributed by atoms with Crippen LogP contribution in [0, 0.1) is 0 Å². The molecular formula is C18H18N4O3. The van der Waals surface area contributed by atoms with Crippen LogP contribution >= 0.6 is 0 Å². The Morgan fingerprint density at radius 3 is 2.92 bits per heavy atom. The van der Waals surface area contributed by atoms with Gasteiger partial charge in [0.1, 0.15) is 6.54 Å². The van der Waals surface area contributed by atoms with Crippen molar-refractivity contribution in [3.05, 3.63) is 64.7 Å². The molecule has 0 saturated carbocycles. The number of ether oxygens (including phenoxy) is 1. The fourth-order valence-corrected chi connectivity index (χ4v) is 2.45. The molecule has 0 fully saturated rings. The molecule has 3 aromatic rings. The van der Waals surface area contributed by atoms with Gasteiger partial charge in [0.2, 0.25) is 11.8 Å². The largest absolute Gasteiger partial charge is 0.478 e. The second-order valence-electron chi connectivity index (χ2n) is 5.37. The van der Waals surface area contributed by atoms with Crippen LogP contribution in [0.1, 0.15) is 12.5 Å². The minimum absolute atomic E-state index is 0.145. The lowest BCUT2D eigenvalue weighted by molar-refractivity contribution is -0.122. The summed E-state index contributed by atoms with van der Waals surface area (Å²) in [5, 5.41) is 8.11. The van der Waals surface area contributed by atoms with Gasteiger partial charge >= 0.3 is 0 Å². The maximum Gasteiger partial charge on any atom is 0.275 e. The Morgan fingerprint density at radius 2 is 2.08 bits per heavy atom. The second kappa shape index (κ2) is 7.57. The zero-order valence-corrected chi connectivity index (χ0v) is 13.8. The fourth-order valence-electron chi connectivity index (χ4n) is 2.45. The molecule has 25 heavy (non-hydrogen) atoms. The van der Waals surface area contributed by atoms with Gasteiger partial charge in [0.25, 0.3) is 5.56 Å². The Kier molecular flexibility index (Phi) is 5.03. The van der Waals surface area contributed by atoms with E-state index in [1.165, 1.54) is 0 Å². The van der Waals surface area contributed by atoms with Gasteiger partial charge in [-0.15, -0.1) is 0 Å². The highest BCUT2D eigenvalue weighted by molar-refractivity contribution is 5.81. The van der Waals surface area contributed by atoms with Crippen molar-refractivity contribution in [2.45, 2.75) is 20.0 Å². The minimum Gasteiger partial charge on any atom is -0.478 e. The van der Waals surface area contributed by atoms with Crippen LogP contribution in [0.5, 0.6) is 5.88 Å². The van der Waals surface area contributed by atoms with Gasteiger partial charge in [0, 0.05) is 23.7 Å². The van der Waals surface area contributed by atoms with E-state index in [0.717, 1.165) is 15.6 Å². The third-order valence-electron chi connectivity index (χ3n) is 3.66. The summed E-state index contributed by atoms with van der Waals surface area (Å²) in [5.41, 5.74) is 0.487. The Labute approximate surface area is 144 Å². The van der Waals surface area contributed by atoms with E-state index in [1.54, 1.807) is 30.6 Å². The molecule has 0 aliphatic carbocycles. The standard InChI is InChI=1S/C18H18N4O3/c1-2-25-17-14(7-5-9-19-17)10-20-16(23)12-22-18(24)15-8-4-3-6-13(15)11-21-22/h3-9,11H,2,10,12H2,1H3,(H,20,23). The molecule has 3 rings (SSSR count). The van der Waals surface area contributed by atoms with Gasteiger partial charge < -0.3 is 10.1 Å². The number of fused-ring (bicyclic) bond motifs is 1. The molecule has 0 atom stereocenters. The minimum atomic E-state index is -0.309. The summed E-state index contributed by atoms with van der Waals surface area (Å²) >= 11 is 0. The Balaban J connectivity index is 1.69. The van der Waals surface area contributed by atoms with E-state index in [2.05, 4.69) is 15.4 Å². The molecule has 2 heterocycles. The SMILES string of the molecule is CCOc1ncccc1CNC(=O)Cn1ncc2ccccc2c1=O. The number of amides is 1. The number of hydrogen-bond donors (Lipinski definition) is 1. The lowest BCUT2D eigenvalue weighted by atomic mass is 10.2. The van der Waals surface area contributed by atoms with Gasteiger partial charge in [-0.25, -0.2) is 9.67 Å². The average molecular weight is 338 g/mol. The molecule has 128 valence electrons.